The number of hydrogen-bond acceptors (Lipinski definition) is 3. The van der Waals surface area contributed by atoms with Gasteiger partial charge < -0.3 is 0 Å². The minimum atomic E-state index is -0.697. The van der Waals surface area contributed by atoms with Gasteiger partial charge in [0.15, 0.2) is 5.82 Å². The van der Waals surface area contributed by atoms with E-state index in [-0.39, 0.29) is 29.4 Å². The first-order valence-corrected chi connectivity index (χ1v) is 7.15. The summed E-state index contributed by atoms with van der Waals surface area (Å²) in [5, 5.41) is 3.90. The van der Waals surface area contributed by atoms with Crippen LogP contribution in [0.5, 0.6) is 0 Å². The topological polar surface area (TPSA) is 48.0 Å². The lowest BCUT2D eigenvalue weighted by Gasteiger charge is -2.07. The van der Waals surface area contributed by atoms with E-state index in [1.54, 1.807) is 12.1 Å². The smallest absolute Gasteiger partial charge is 0.296 e. The predicted octanol–water partition coefficient (Wildman–Crippen LogP) is 3.41. The van der Waals surface area contributed by atoms with Crippen LogP contribution >= 0.6 is 11.6 Å². The highest BCUT2D eigenvalue weighted by Gasteiger charge is 2.16. The van der Waals surface area contributed by atoms with Crippen molar-refractivity contribution in [2.24, 2.45) is 0 Å². The summed E-state index contributed by atoms with van der Waals surface area (Å²) in [6, 6.07) is 10.1. The predicted molar refractivity (Wildman–Crippen MR) is 80.5 cm³/mol. The molecule has 3 rings (SSSR count). The number of halogens is 3. The summed E-state index contributed by atoms with van der Waals surface area (Å²) in [5.74, 6) is -1.39. The molecule has 118 valence electrons. The van der Waals surface area contributed by atoms with Gasteiger partial charge in [0.05, 0.1) is 6.54 Å². The van der Waals surface area contributed by atoms with Crippen molar-refractivity contribution in [2.45, 2.75) is 13.0 Å². The van der Waals surface area contributed by atoms with Crippen molar-refractivity contribution in [3.05, 3.63) is 86.6 Å². The summed E-state index contributed by atoms with van der Waals surface area (Å²) in [6.07, 6.45) is -0.00738. The second-order valence-electron chi connectivity index (χ2n) is 4.96. The highest BCUT2D eigenvalue weighted by Crippen LogP contribution is 2.21. The Kier molecular flexibility index (Phi) is 4.25. The molecular weight excluding hydrogens is 326 g/mol. The van der Waals surface area contributed by atoms with Crippen molar-refractivity contribution in [1.82, 2.24) is 9.72 Å². The zero-order valence-electron chi connectivity index (χ0n) is 11.8. The van der Waals surface area contributed by atoms with Crippen molar-refractivity contribution in [3.63, 3.8) is 0 Å². The molecule has 7 heteroatoms. The summed E-state index contributed by atoms with van der Waals surface area (Å²) in [5.41, 5.74) is 0.784. The van der Waals surface area contributed by atoms with E-state index in [0.717, 1.165) is 0 Å². The third-order valence-electron chi connectivity index (χ3n) is 3.39. The second-order valence-corrected chi connectivity index (χ2v) is 5.36. The largest absolute Gasteiger partial charge is 0.441 e. The molecule has 0 saturated heterocycles. The average molecular weight is 337 g/mol. The van der Waals surface area contributed by atoms with Crippen LogP contribution in [0.2, 0.25) is 5.02 Å². The minimum absolute atomic E-state index is 0.00738. The Morgan fingerprint density at radius 1 is 1.17 bits per heavy atom. The fourth-order valence-electron chi connectivity index (χ4n) is 2.26. The molecule has 0 amide bonds. The van der Waals surface area contributed by atoms with E-state index in [1.807, 2.05) is 0 Å². The first-order chi connectivity index (χ1) is 11.0. The molecule has 0 aliphatic heterocycles. The van der Waals surface area contributed by atoms with Gasteiger partial charge in [-0.15, -0.1) is 0 Å². The van der Waals surface area contributed by atoms with Gasteiger partial charge in [0.2, 0.25) is 0 Å². The molecule has 0 bridgehead atoms. The SMILES string of the molecule is O=c1onc(Cc2c(F)cccc2Cl)n1Cc1cccc(F)c1. The summed E-state index contributed by atoms with van der Waals surface area (Å²) < 4.78 is 33.0. The summed E-state index contributed by atoms with van der Waals surface area (Å²) in [6.45, 7) is 0.0709. The molecule has 4 nitrogen and oxygen atoms in total. The number of benzene rings is 2. The standard InChI is InChI=1S/C16H11ClF2N2O2/c17-13-5-2-6-14(19)12(13)8-15-20-23-16(22)21(15)9-10-3-1-4-11(18)7-10/h1-7H,8-9H2. The number of nitrogens with zero attached hydrogens (tertiary/aromatic N) is 2. The average Bonchev–Trinajstić information content (AvgIpc) is 2.84. The summed E-state index contributed by atoms with van der Waals surface area (Å²) in [4.78, 5) is 11.8. The van der Waals surface area contributed by atoms with Crippen LogP contribution in [0.4, 0.5) is 8.78 Å². The summed E-state index contributed by atoms with van der Waals surface area (Å²) in [7, 11) is 0. The molecule has 0 atom stereocenters. The molecule has 0 aliphatic carbocycles. The van der Waals surface area contributed by atoms with Crippen LogP contribution in [0.3, 0.4) is 0 Å². The molecule has 1 aromatic heterocycles. The molecule has 0 N–H and O–H groups in total. The van der Waals surface area contributed by atoms with Crippen LogP contribution in [0, 0.1) is 11.6 Å². The Labute approximate surface area is 134 Å². The Hall–Kier alpha value is -2.47. The van der Waals surface area contributed by atoms with E-state index in [9.17, 15) is 13.6 Å². The maximum absolute atomic E-state index is 13.9. The lowest BCUT2D eigenvalue weighted by atomic mass is 10.1. The van der Waals surface area contributed by atoms with Crippen LogP contribution in [0.15, 0.2) is 51.8 Å². The zero-order chi connectivity index (χ0) is 16.4. The maximum atomic E-state index is 13.9. The molecule has 0 saturated carbocycles. The molecule has 23 heavy (non-hydrogen) atoms. The van der Waals surface area contributed by atoms with E-state index in [4.69, 9.17) is 11.6 Å². The van der Waals surface area contributed by atoms with Gasteiger partial charge >= 0.3 is 5.76 Å². The van der Waals surface area contributed by atoms with Gasteiger partial charge in [-0.2, -0.15) is 0 Å². The fourth-order valence-corrected chi connectivity index (χ4v) is 2.49. The van der Waals surface area contributed by atoms with Gasteiger partial charge in [0.25, 0.3) is 0 Å². The Bertz CT molecular complexity index is 885. The van der Waals surface area contributed by atoms with E-state index in [2.05, 4.69) is 9.68 Å². The highest BCUT2D eigenvalue weighted by molar-refractivity contribution is 6.31. The molecule has 3 aromatic rings. The fraction of sp³-hybridized carbons (Fsp3) is 0.125. The van der Waals surface area contributed by atoms with E-state index >= 15 is 0 Å². The van der Waals surface area contributed by atoms with Crippen LogP contribution in [0.25, 0.3) is 0 Å². The van der Waals surface area contributed by atoms with Gasteiger partial charge in [-0.25, -0.2) is 13.6 Å². The lowest BCUT2D eigenvalue weighted by Crippen LogP contribution is -2.18. The van der Waals surface area contributed by atoms with Crippen LogP contribution in [0.1, 0.15) is 17.0 Å². The number of aromatic nitrogens is 2. The first-order valence-electron chi connectivity index (χ1n) is 6.77. The maximum Gasteiger partial charge on any atom is 0.441 e. The Morgan fingerprint density at radius 3 is 2.70 bits per heavy atom. The van der Waals surface area contributed by atoms with E-state index in [1.165, 1.54) is 34.9 Å². The Balaban J connectivity index is 1.95. The van der Waals surface area contributed by atoms with Crippen molar-refractivity contribution < 1.29 is 13.3 Å². The molecule has 0 aliphatic rings. The molecule has 2 aromatic carbocycles. The quantitative estimate of drug-likeness (QED) is 0.733. The van der Waals surface area contributed by atoms with Crippen molar-refractivity contribution >= 4 is 11.6 Å². The molecule has 0 fully saturated rings. The minimum Gasteiger partial charge on any atom is -0.296 e. The molecule has 0 spiro atoms. The monoisotopic (exact) mass is 336 g/mol. The highest BCUT2D eigenvalue weighted by atomic mass is 35.5. The van der Waals surface area contributed by atoms with Crippen molar-refractivity contribution in [2.75, 3.05) is 0 Å². The van der Waals surface area contributed by atoms with Crippen molar-refractivity contribution in [3.8, 4) is 0 Å². The van der Waals surface area contributed by atoms with Gasteiger partial charge in [-0.1, -0.05) is 35.0 Å². The molecule has 0 unspecified atom stereocenters. The summed E-state index contributed by atoms with van der Waals surface area (Å²) >= 11 is 5.98. The van der Waals surface area contributed by atoms with Gasteiger partial charge in [-0.05, 0) is 29.8 Å². The van der Waals surface area contributed by atoms with Crippen molar-refractivity contribution in [1.29, 1.82) is 0 Å². The normalized spacial score (nSPS) is 10.9. The zero-order valence-corrected chi connectivity index (χ0v) is 12.6. The lowest BCUT2D eigenvalue weighted by molar-refractivity contribution is 0.375. The second kappa shape index (κ2) is 6.34. The number of rotatable bonds is 4. The van der Waals surface area contributed by atoms with Crippen LogP contribution in [-0.4, -0.2) is 9.72 Å². The molecule has 0 radical (unpaired) electrons. The third-order valence-corrected chi connectivity index (χ3v) is 3.74. The molecule has 1 heterocycles. The van der Waals surface area contributed by atoms with Gasteiger partial charge in [0, 0.05) is 17.0 Å². The van der Waals surface area contributed by atoms with Crippen LogP contribution in [-0.2, 0) is 13.0 Å². The van der Waals surface area contributed by atoms with Gasteiger partial charge in [-0.3, -0.25) is 9.09 Å². The van der Waals surface area contributed by atoms with Gasteiger partial charge in [0.1, 0.15) is 11.6 Å². The molecular formula is C16H11ClF2N2O2. The van der Waals surface area contributed by atoms with E-state index < -0.39 is 17.4 Å². The number of hydrogen-bond donors (Lipinski definition) is 0. The third kappa shape index (κ3) is 3.32. The first kappa shape index (κ1) is 15.4. The van der Waals surface area contributed by atoms with E-state index in [0.29, 0.717) is 5.56 Å². The van der Waals surface area contributed by atoms with Crippen LogP contribution < -0.4 is 5.76 Å². The Morgan fingerprint density at radius 2 is 1.96 bits per heavy atom.